The molecule has 1 saturated heterocycles. The monoisotopic (exact) mass is 411 g/mol. The third kappa shape index (κ3) is 4.83. The van der Waals surface area contributed by atoms with Crippen molar-refractivity contribution in [3.8, 4) is 5.75 Å². The number of nitrogens with zero attached hydrogens (tertiary/aromatic N) is 2. The number of ether oxygens (including phenoxy) is 1. The van der Waals surface area contributed by atoms with Gasteiger partial charge in [-0.15, -0.1) is 13.2 Å². The van der Waals surface area contributed by atoms with Crippen LogP contribution in [0.1, 0.15) is 23.2 Å². The molecule has 2 saturated carbocycles. The van der Waals surface area contributed by atoms with Crippen LogP contribution >= 0.6 is 0 Å². The molecule has 9 heteroatoms. The van der Waals surface area contributed by atoms with Gasteiger partial charge in [0.05, 0.1) is 6.54 Å². The third-order valence-electron chi connectivity index (χ3n) is 6.12. The van der Waals surface area contributed by atoms with Gasteiger partial charge < -0.3 is 15.0 Å². The Balaban J connectivity index is 1.20. The number of halogens is 3. The number of nitrogens with one attached hydrogen (secondary N) is 1. The smallest absolute Gasteiger partial charge is 0.406 e. The quantitative estimate of drug-likeness (QED) is 0.747. The zero-order valence-electron chi connectivity index (χ0n) is 16.1. The molecule has 1 heterocycles. The van der Waals surface area contributed by atoms with Crippen LogP contribution in [0.5, 0.6) is 5.75 Å². The van der Waals surface area contributed by atoms with Crippen molar-refractivity contribution in [1.82, 2.24) is 15.1 Å². The molecule has 0 radical (unpaired) electrons. The molecule has 1 aliphatic heterocycles. The van der Waals surface area contributed by atoms with E-state index in [2.05, 4.69) is 15.0 Å². The van der Waals surface area contributed by atoms with E-state index in [4.69, 9.17) is 0 Å². The van der Waals surface area contributed by atoms with Gasteiger partial charge in [-0.3, -0.25) is 14.5 Å². The molecule has 4 rings (SSSR count). The Kier molecular flexibility index (Phi) is 5.18. The van der Waals surface area contributed by atoms with E-state index in [0.29, 0.717) is 36.9 Å². The number of carbonyl (C=O) groups is 2. The van der Waals surface area contributed by atoms with E-state index in [1.165, 1.54) is 12.1 Å². The van der Waals surface area contributed by atoms with Gasteiger partial charge in [-0.05, 0) is 48.8 Å². The normalized spacial score (nSPS) is 26.0. The van der Waals surface area contributed by atoms with E-state index >= 15 is 0 Å². The largest absolute Gasteiger partial charge is 0.573 e. The van der Waals surface area contributed by atoms with E-state index in [1.807, 2.05) is 11.9 Å². The van der Waals surface area contributed by atoms with Crippen molar-refractivity contribution < 1.29 is 27.5 Å². The predicted octanol–water partition coefficient (Wildman–Crippen LogP) is 2.11. The fourth-order valence-corrected chi connectivity index (χ4v) is 4.28. The molecule has 2 unspecified atom stereocenters. The molecule has 0 spiro atoms. The lowest BCUT2D eigenvalue weighted by Crippen LogP contribution is -2.40. The van der Waals surface area contributed by atoms with Crippen molar-refractivity contribution >= 4 is 11.8 Å². The highest BCUT2D eigenvalue weighted by Crippen LogP contribution is 2.51. The maximum atomic E-state index is 12.3. The number of piperidine rings is 1. The molecule has 1 aromatic rings. The summed E-state index contributed by atoms with van der Waals surface area (Å²) in [6.07, 6.45) is -2.59. The van der Waals surface area contributed by atoms with Crippen molar-refractivity contribution in [1.29, 1.82) is 0 Å². The van der Waals surface area contributed by atoms with Gasteiger partial charge in [-0.25, -0.2) is 0 Å². The lowest BCUT2D eigenvalue weighted by Gasteiger charge is -2.23. The van der Waals surface area contributed by atoms with Gasteiger partial charge in [-0.1, -0.05) is 6.07 Å². The molecule has 158 valence electrons. The van der Waals surface area contributed by atoms with Crippen LogP contribution in [0.25, 0.3) is 0 Å². The fourth-order valence-electron chi connectivity index (χ4n) is 4.28. The number of hydrogen-bond acceptors (Lipinski definition) is 4. The van der Waals surface area contributed by atoms with Crippen LogP contribution in [0.3, 0.4) is 0 Å². The minimum Gasteiger partial charge on any atom is -0.406 e. The molecular formula is C20H24F3N3O3. The number of likely N-dealkylation sites (N-methyl/N-ethyl adjacent to an activating group) is 1. The molecule has 0 aromatic heterocycles. The van der Waals surface area contributed by atoms with E-state index in [9.17, 15) is 22.8 Å². The van der Waals surface area contributed by atoms with Gasteiger partial charge in [-0.2, -0.15) is 0 Å². The van der Waals surface area contributed by atoms with Crippen LogP contribution in [0.2, 0.25) is 0 Å². The van der Waals surface area contributed by atoms with Gasteiger partial charge in [0, 0.05) is 38.3 Å². The Morgan fingerprint density at radius 3 is 2.55 bits per heavy atom. The highest BCUT2D eigenvalue weighted by atomic mass is 19.4. The maximum Gasteiger partial charge on any atom is 0.573 e. The van der Waals surface area contributed by atoms with Crippen LogP contribution in [-0.4, -0.2) is 67.2 Å². The maximum absolute atomic E-state index is 12.3. The molecule has 2 amide bonds. The molecule has 6 nitrogen and oxygen atoms in total. The third-order valence-corrected chi connectivity index (χ3v) is 6.12. The molecule has 2 aliphatic carbocycles. The van der Waals surface area contributed by atoms with E-state index in [-0.39, 0.29) is 11.5 Å². The molecule has 3 fully saturated rings. The Hall–Kier alpha value is -2.29. The van der Waals surface area contributed by atoms with Crippen molar-refractivity contribution in [3.63, 3.8) is 0 Å². The number of likely N-dealkylation sites (tertiary alicyclic amines) is 1. The van der Waals surface area contributed by atoms with Crippen molar-refractivity contribution in [2.45, 2.75) is 25.2 Å². The topological polar surface area (TPSA) is 61.9 Å². The summed E-state index contributed by atoms with van der Waals surface area (Å²) in [6.45, 7) is 2.64. The SMILES string of the molecule is CN(C(=O)CN1CC2C(CNC(=O)c3cccc(OC(F)(F)F)c3)C2C1)C1CC1. The van der Waals surface area contributed by atoms with Crippen molar-refractivity contribution in [2.75, 3.05) is 33.2 Å². The van der Waals surface area contributed by atoms with Crippen LogP contribution in [0, 0.1) is 17.8 Å². The zero-order valence-corrected chi connectivity index (χ0v) is 16.1. The number of amides is 2. The number of benzene rings is 1. The summed E-state index contributed by atoms with van der Waals surface area (Å²) in [4.78, 5) is 28.5. The molecule has 29 heavy (non-hydrogen) atoms. The number of rotatable bonds is 7. The van der Waals surface area contributed by atoms with Gasteiger partial charge in [0.2, 0.25) is 5.91 Å². The summed E-state index contributed by atoms with van der Waals surface area (Å²) in [5.41, 5.74) is 0.132. The Labute approximate surface area is 167 Å². The van der Waals surface area contributed by atoms with E-state index in [0.717, 1.165) is 38.1 Å². The second-order valence-corrected chi connectivity index (χ2v) is 8.21. The first kappa shape index (κ1) is 20.0. The average molecular weight is 411 g/mol. The summed E-state index contributed by atoms with van der Waals surface area (Å²) < 4.78 is 40.8. The highest BCUT2D eigenvalue weighted by molar-refractivity contribution is 5.94. The molecule has 0 bridgehead atoms. The zero-order chi connectivity index (χ0) is 20.8. The van der Waals surface area contributed by atoms with Crippen LogP contribution in [-0.2, 0) is 4.79 Å². The lowest BCUT2D eigenvalue weighted by atomic mass is 10.2. The molecule has 1 N–H and O–H groups in total. The summed E-state index contributed by atoms with van der Waals surface area (Å²) in [7, 11) is 1.86. The predicted molar refractivity (Wildman–Crippen MR) is 98.2 cm³/mol. The summed E-state index contributed by atoms with van der Waals surface area (Å²) in [5, 5.41) is 2.81. The average Bonchev–Trinajstić information content (AvgIpc) is 3.56. The van der Waals surface area contributed by atoms with Gasteiger partial charge in [0.25, 0.3) is 5.91 Å². The van der Waals surface area contributed by atoms with E-state index < -0.39 is 18.0 Å². The summed E-state index contributed by atoms with van der Waals surface area (Å²) in [5.74, 6) is 0.634. The minimum atomic E-state index is -4.79. The first-order chi connectivity index (χ1) is 13.7. The summed E-state index contributed by atoms with van der Waals surface area (Å²) in [6, 6.07) is 5.47. The standard InChI is InChI=1S/C20H24F3N3O3/c1-25(13-5-6-13)18(27)11-26-9-16-15(17(16)10-26)8-24-19(28)12-3-2-4-14(7-12)29-20(21,22)23/h2-4,7,13,15-17H,5-6,8-11H2,1H3,(H,24,28). The van der Waals surface area contributed by atoms with Crippen LogP contribution < -0.4 is 10.1 Å². The lowest BCUT2D eigenvalue weighted by molar-refractivity contribution is -0.274. The molecule has 2 atom stereocenters. The minimum absolute atomic E-state index is 0.132. The van der Waals surface area contributed by atoms with Crippen LogP contribution in [0.15, 0.2) is 24.3 Å². The van der Waals surface area contributed by atoms with Crippen LogP contribution in [0.4, 0.5) is 13.2 Å². The second-order valence-electron chi connectivity index (χ2n) is 8.21. The van der Waals surface area contributed by atoms with Gasteiger partial charge in [0.15, 0.2) is 0 Å². The number of fused-ring (bicyclic) bond motifs is 1. The van der Waals surface area contributed by atoms with Gasteiger partial charge >= 0.3 is 6.36 Å². The fraction of sp³-hybridized carbons (Fsp3) is 0.600. The Bertz CT molecular complexity index is 785. The Morgan fingerprint density at radius 2 is 1.93 bits per heavy atom. The Morgan fingerprint density at radius 1 is 1.24 bits per heavy atom. The first-order valence-corrected chi connectivity index (χ1v) is 9.83. The van der Waals surface area contributed by atoms with Crippen molar-refractivity contribution in [3.05, 3.63) is 29.8 Å². The van der Waals surface area contributed by atoms with Gasteiger partial charge in [0.1, 0.15) is 5.75 Å². The number of hydrogen-bond donors (Lipinski definition) is 1. The number of carbonyl (C=O) groups excluding carboxylic acids is 2. The van der Waals surface area contributed by atoms with E-state index in [1.54, 1.807) is 0 Å². The number of alkyl halides is 3. The van der Waals surface area contributed by atoms with Crippen molar-refractivity contribution in [2.24, 2.45) is 17.8 Å². The first-order valence-electron chi connectivity index (χ1n) is 9.83. The summed E-state index contributed by atoms with van der Waals surface area (Å²) >= 11 is 0. The molecule has 3 aliphatic rings. The highest BCUT2D eigenvalue weighted by Gasteiger charge is 2.55. The molecular weight excluding hydrogens is 387 g/mol. The molecule has 1 aromatic carbocycles. The second kappa shape index (κ2) is 7.51.